The summed E-state index contributed by atoms with van der Waals surface area (Å²) in [4.78, 5) is 1.14. The van der Waals surface area contributed by atoms with Crippen molar-refractivity contribution in [1.82, 2.24) is 0 Å². The topological polar surface area (TPSA) is 0 Å². The van der Waals surface area contributed by atoms with Crippen LogP contribution >= 0.6 is 11.8 Å². The molecular formula is C11H15FS. The zero-order chi connectivity index (χ0) is 10.0. The Kier molecular flexibility index (Phi) is 3.37. The number of thioether (sulfide) groups is 1. The first-order valence-corrected chi connectivity index (χ1v) is 5.62. The first-order chi connectivity index (χ1) is 6.06. The Labute approximate surface area is 83.5 Å². The minimum Gasteiger partial charge on any atom is -0.206 e. The summed E-state index contributed by atoms with van der Waals surface area (Å²) in [6.07, 6.45) is 2.01. The monoisotopic (exact) mass is 198 g/mol. The second kappa shape index (κ2) is 4.14. The Morgan fingerprint density at radius 2 is 1.92 bits per heavy atom. The molecule has 72 valence electrons. The molecule has 13 heavy (non-hydrogen) atoms. The van der Waals surface area contributed by atoms with E-state index < -0.39 is 0 Å². The molecular weight excluding hydrogens is 183 g/mol. The smallest absolute Gasteiger partial charge is 0.129 e. The zero-order valence-electron chi connectivity index (χ0n) is 8.52. The van der Waals surface area contributed by atoms with Gasteiger partial charge in [0.2, 0.25) is 0 Å². The summed E-state index contributed by atoms with van der Waals surface area (Å²) >= 11 is 1.66. The molecule has 0 saturated carbocycles. The quantitative estimate of drug-likeness (QED) is 0.648. The van der Waals surface area contributed by atoms with E-state index in [2.05, 4.69) is 0 Å². The van der Waals surface area contributed by atoms with Crippen molar-refractivity contribution in [2.45, 2.75) is 31.6 Å². The summed E-state index contributed by atoms with van der Waals surface area (Å²) in [5.41, 5.74) is 1.57. The minimum absolute atomic E-state index is 0.0483. The lowest BCUT2D eigenvalue weighted by atomic mass is 10.0. The van der Waals surface area contributed by atoms with Gasteiger partial charge in [-0.1, -0.05) is 13.8 Å². The third-order valence-corrected chi connectivity index (χ3v) is 2.82. The molecule has 0 bridgehead atoms. The fourth-order valence-electron chi connectivity index (χ4n) is 1.30. The number of hydrogen-bond acceptors (Lipinski definition) is 1. The van der Waals surface area contributed by atoms with Crippen LogP contribution < -0.4 is 0 Å². The van der Waals surface area contributed by atoms with Gasteiger partial charge in [0.05, 0.1) is 0 Å². The maximum Gasteiger partial charge on any atom is 0.129 e. The van der Waals surface area contributed by atoms with Gasteiger partial charge in [0.15, 0.2) is 0 Å². The molecule has 0 heterocycles. The van der Waals surface area contributed by atoms with Gasteiger partial charge in [-0.05, 0) is 42.4 Å². The molecule has 0 atom stereocenters. The van der Waals surface area contributed by atoms with Gasteiger partial charge in [-0.15, -0.1) is 11.8 Å². The fraction of sp³-hybridized carbons (Fsp3) is 0.455. The number of halogens is 1. The second-order valence-electron chi connectivity index (χ2n) is 3.50. The van der Waals surface area contributed by atoms with Crippen molar-refractivity contribution in [3.8, 4) is 0 Å². The third kappa shape index (κ3) is 2.25. The van der Waals surface area contributed by atoms with E-state index in [0.717, 1.165) is 16.0 Å². The normalized spacial score (nSPS) is 10.9. The molecule has 1 rings (SSSR count). The van der Waals surface area contributed by atoms with Gasteiger partial charge >= 0.3 is 0 Å². The van der Waals surface area contributed by atoms with E-state index in [4.69, 9.17) is 0 Å². The van der Waals surface area contributed by atoms with Crippen LogP contribution in [0, 0.1) is 12.7 Å². The fourth-order valence-corrected chi connectivity index (χ4v) is 1.84. The average Bonchev–Trinajstić information content (AvgIpc) is 2.09. The van der Waals surface area contributed by atoms with Crippen molar-refractivity contribution >= 4 is 11.8 Å². The van der Waals surface area contributed by atoms with E-state index in [1.54, 1.807) is 11.8 Å². The molecule has 1 aromatic rings. The van der Waals surface area contributed by atoms with Gasteiger partial charge in [0.1, 0.15) is 5.82 Å². The molecule has 0 aliphatic carbocycles. The van der Waals surface area contributed by atoms with Crippen molar-refractivity contribution < 1.29 is 4.39 Å². The Morgan fingerprint density at radius 3 is 2.38 bits per heavy atom. The van der Waals surface area contributed by atoms with Crippen LogP contribution in [0.3, 0.4) is 0 Å². The van der Waals surface area contributed by atoms with E-state index in [9.17, 15) is 4.39 Å². The summed E-state index contributed by atoms with van der Waals surface area (Å²) < 4.78 is 13.6. The Bertz CT molecular complexity index is 305. The largest absolute Gasteiger partial charge is 0.206 e. The molecule has 0 spiro atoms. The molecule has 0 aliphatic heterocycles. The van der Waals surface area contributed by atoms with Crippen LogP contribution in [0.25, 0.3) is 0 Å². The summed E-state index contributed by atoms with van der Waals surface area (Å²) in [6.45, 7) is 5.85. The first kappa shape index (κ1) is 10.6. The molecule has 0 radical (unpaired) electrons. The lowest BCUT2D eigenvalue weighted by molar-refractivity contribution is 0.587. The summed E-state index contributed by atoms with van der Waals surface area (Å²) in [6, 6.07) is 3.84. The highest BCUT2D eigenvalue weighted by Gasteiger charge is 2.10. The lowest BCUT2D eigenvalue weighted by Gasteiger charge is -2.10. The Morgan fingerprint density at radius 1 is 1.31 bits per heavy atom. The maximum atomic E-state index is 13.6. The van der Waals surface area contributed by atoms with Gasteiger partial charge in [0.25, 0.3) is 0 Å². The van der Waals surface area contributed by atoms with Gasteiger partial charge in [0, 0.05) is 4.90 Å². The van der Waals surface area contributed by atoms with Crippen LogP contribution in [0.4, 0.5) is 4.39 Å². The molecule has 2 heteroatoms. The number of hydrogen-bond donors (Lipinski definition) is 0. The van der Waals surface area contributed by atoms with Crippen molar-refractivity contribution in [2.75, 3.05) is 6.26 Å². The van der Waals surface area contributed by atoms with E-state index in [1.807, 2.05) is 39.2 Å². The molecule has 0 nitrogen and oxygen atoms in total. The summed E-state index contributed by atoms with van der Waals surface area (Å²) in [5, 5.41) is 0. The van der Waals surface area contributed by atoms with Crippen LogP contribution in [0.1, 0.15) is 30.9 Å². The molecule has 0 aliphatic rings. The lowest BCUT2D eigenvalue weighted by Crippen LogP contribution is -1.96. The summed E-state index contributed by atoms with van der Waals surface area (Å²) in [5.74, 6) is 0.207. The van der Waals surface area contributed by atoms with Crippen molar-refractivity contribution in [3.63, 3.8) is 0 Å². The number of rotatable bonds is 2. The minimum atomic E-state index is -0.0483. The molecule has 0 saturated heterocycles. The van der Waals surface area contributed by atoms with E-state index in [-0.39, 0.29) is 11.7 Å². The molecule has 1 aromatic carbocycles. The predicted octanol–water partition coefficient (Wildman–Crippen LogP) is 3.98. The average molecular weight is 198 g/mol. The molecule has 0 N–H and O–H groups in total. The Hall–Kier alpha value is -0.500. The molecule has 0 fully saturated rings. The number of aryl methyl sites for hydroxylation is 1. The summed E-state index contributed by atoms with van der Waals surface area (Å²) in [7, 11) is 0. The van der Waals surface area contributed by atoms with E-state index >= 15 is 0 Å². The van der Waals surface area contributed by atoms with Crippen LogP contribution in [0.15, 0.2) is 17.0 Å². The first-order valence-electron chi connectivity index (χ1n) is 4.40. The van der Waals surface area contributed by atoms with Crippen LogP contribution in [-0.4, -0.2) is 6.26 Å². The van der Waals surface area contributed by atoms with E-state index in [0.29, 0.717) is 0 Å². The highest BCUT2D eigenvalue weighted by molar-refractivity contribution is 7.98. The van der Waals surface area contributed by atoms with Gasteiger partial charge in [-0.2, -0.15) is 0 Å². The zero-order valence-corrected chi connectivity index (χ0v) is 9.33. The highest BCUT2D eigenvalue weighted by Crippen LogP contribution is 2.26. The second-order valence-corrected chi connectivity index (χ2v) is 4.38. The van der Waals surface area contributed by atoms with Crippen LogP contribution in [0.5, 0.6) is 0 Å². The van der Waals surface area contributed by atoms with Gasteiger partial charge in [-0.3, -0.25) is 0 Å². The van der Waals surface area contributed by atoms with Crippen LogP contribution in [0.2, 0.25) is 0 Å². The Balaban J connectivity index is 3.25. The third-order valence-electron chi connectivity index (χ3n) is 2.11. The van der Waals surface area contributed by atoms with E-state index in [1.165, 1.54) is 0 Å². The van der Waals surface area contributed by atoms with Gasteiger partial charge < -0.3 is 0 Å². The molecule has 0 unspecified atom stereocenters. The standard InChI is InChI=1S/C11H15FS/c1-7(2)10-6-9(13-4)5-8(3)11(10)12/h5-7H,1-4H3. The predicted molar refractivity (Wildman–Crippen MR) is 57.0 cm³/mol. The molecule has 0 amide bonds. The maximum absolute atomic E-state index is 13.6. The van der Waals surface area contributed by atoms with Gasteiger partial charge in [-0.25, -0.2) is 4.39 Å². The van der Waals surface area contributed by atoms with Crippen molar-refractivity contribution in [2.24, 2.45) is 0 Å². The highest BCUT2D eigenvalue weighted by atomic mass is 32.2. The number of benzene rings is 1. The van der Waals surface area contributed by atoms with Crippen LogP contribution in [-0.2, 0) is 0 Å². The molecule has 0 aromatic heterocycles. The van der Waals surface area contributed by atoms with Crippen molar-refractivity contribution in [1.29, 1.82) is 0 Å². The van der Waals surface area contributed by atoms with Crippen molar-refractivity contribution in [3.05, 3.63) is 29.1 Å². The SMILES string of the molecule is CSc1cc(C)c(F)c(C(C)C)c1.